The molecule has 112 valence electrons. The van der Waals surface area contributed by atoms with Crippen molar-refractivity contribution in [1.29, 1.82) is 0 Å². The molecular weight excluding hydrogens is 357 g/mol. The average molecular weight is 366 g/mol. The van der Waals surface area contributed by atoms with Crippen LogP contribution in [0.5, 0.6) is 0 Å². The maximum absolute atomic E-state index is 13.4. The molecule has 0 saturated heterocycles. The molecule has 2 aromatic rings. The number of anilines is 1. The normalized spacial score (nSPS) is 11.5. The van der Waals surface area contributed by atoms with E-state index in [1.165, 1.54) is 18.2 Å². The number of rotatable bonds is 3. The monoisotopic (exact) mass is 365 g/mol. The average Bonchev–Trinajstić information content (AvgIpc) is 2.39. The lowest BCUT2D eigenvalue weighted by Gasteiger charge is -2.12. The molecule has 0 spiro atoms. The highest BCUT2D eigenvalue weighted by Gasteiger charge is 2.31. The van der Waals surface area contributed by atoms with E-state index in [0.717, 1.165) is 18.2 Å². The van der Waals surface area contributed by atoms with Crippen LogP contribution in [0.4, 0.5) is 27.6 Å². The SMILES string of the molecule is Fc1cccc(CNc2cc(Br)cc(C(F)(F)F)c2)c1F. The zero-order valence-electron chi connectivity index (χ0n) is 10.4. The Bertz CT molecular complexity index is 654. The molecule has 0 bridgehead atoms. The van der Waals surface area contributed by atoms with E-state index in [1.54, 1.807) is 0 Å². The van der Waals surface area contributed by atoms with Crippen molar-refractivity contribution in [3.63, 3.8) is 0 Å². The molecule has 0 amide bonds. The van der Waals surface area contributed by atoms with E-state index in [9.17, 15) is 22.0 Å². The first kappa shape index (κ1) is 15.8. The Morgan fingerprint density at radius 3 is 2.43 bits per heavy atom. The van der Waals surface area contributed by atoms with Crippen LogP contribution in [-0.2, 0) is 12.7 Å². The minimum atomic E-state index is -4.48. The van der Waals surface area contributed by atoms with Gasteiger partial charge < -0.3 is 5.32 Å². The summed E-state index contributed by atoms with van der Waals surface area (Å²) in [4.78, 5) is 0. The molecule has 7 heteroatoms. The van der Waals surface area contributed by atoms with Crippen LogP contribution in [0.3, 0.4) is 0 Å². The van der Waals surface area contributed by atoms with Gasteiger partial charge in [0.05, 0.1) is 5.56 Å². The predicted octanol–water partition coefficient (Wildman–Crippen LogP) is 5.36. The van der Waals surface area contributed by atoms with Gasteiger partial charge in [-0.15, -0.1) is 0 Å². The van der Waals surface area contributed by atoms with Crippen LogP contribution in [0, 0.1) is 11.6 Å². The third-order valence-electron chi connectivity index (χ3n) is 2.74. The molecule has 2 aromatic carbocycles. The highest BCUT2D eigenvalue weighted by molar-refractivity contribution is 9.10. The smallest absolute Gasteiger partial charge is 0.381 e. The van der Waals surface area contributed by atoms with Gasteiger partial charge in [0, 0.05) is 22.3 Å². The van der Waals surface area contributed by atoms with Crippen molar-refractivity contribution < 1.29 is 22.0 Å². The van der Waals surface area contributed by atoms with Crippen LogP contribution in [0.2, 0.25) is 0 Å². The molecule has 0 fully saturated rings. The lowest BCUT2D eigenvalue weighted by molar-refractivity contribution is -0.137. The van der Waals surface area contributed by atoms with Crippen LogP contribution in [-0.4, -0.2) is 0 Å². The van der Waals surface area contributed by atoms with Crippen molar-refractivity contribution in [2.75, 3.05) is 5.32 Å². The summed E-state index contributed by atoms with van der Waals surface area (Å²) < 4.78 is 64.7. The van der Waals surface area contributed by atoms with Crippen molar-refractivity contribution in [2.24, 2.45) is 0 Å². The molecule has 0 aliphatic heterocycles. The van der Waals surface area contributed by atoms with Gasteiger partial charge in [-0.1, -0.05) is 28.1 Å². The maximum atomic E-state index is 13.4. The third-order valence-corrected chi connectivity index (χ3v) is 3.20. The fraction of sp³-hybridized carbons (Fsp3) is 0.143. The second kappa shape index (κ2) is 6.01. The number of nitrogens with one attached hydrogen (secondary N) is 1. The van der Waals surface area contributed by atoms with E-state index in [-0.39, 0.29) is 22.3 Å². The predicted molar refractivity (Wildman–Crippen MR) is 72.8 cm³/mol. The first-order valence-electron chi connectivity index (χ1n) is 5.82. The largest absolute Gasteiger partial charge is 0.416 e. The van der Waals surface area contributed by atoms with Gasteiger partial charge in [-0.2, -0.15) is 13.2 Å². The number of benzene rings is 2. The van der Waals surface area contributed by atoms with E-state index in [1.807, 2.05) is 0 Å². The van der Waals surface area contributed by atoms with Gasteiger partial charge in [0.25, 0.3) is 0 Å². The van der Waals surface area contributed by atoms with Crippen LogP contribution >= 0.6 is 15.9 Å². The molecule has 0 atom stereocenters. The second-order valence-corrected chi connectivity index (χ2v) is 5.21. The molecular formula is C14H9BrF5N. The Morgan fingerprint density at radius 1 is 1.05 bits per heavy atom. The summed E-state index contributed by atoms with van der Waals surface area (Å²) in [6.07, 6.45) is -4.48. The Balaban J connectivity index is 2.21. The summed E-state index contributed by atoms with van der Waals surface area (Å²) in [7, 11) is 0. The van der Waals surface area contributed by atoms with Crippen LogP contribution in [0.1, 0.15) is 11.1 Å². The van der Waals surface area contributed by atoms with Crippen LogP contribution in [0.25, 0.3) is 0 Å². The summed E-state index contributed by atoms with van der Waals surface area (Å²) in [6.45, 7) is -0.128. The molecule has 0 saturated carbocycles. The lowest BCUT2D eigenvalue weighted by atomic mass is 10.1. The van der Waals surface area contributed by atoms with Gasteiger partial charge in [0.1, 0.15) is 0 Å². The summed E-state index contributed by atoms with van der Waals surface area (Å²) >= 11 is 2.98. The minimum Gasteiger partial charge on any atom is -0.381 e. The molecule has 1 N–H and O–H groups in total. The quantitative estimate of drug-likeness (QED) is 0.722. The van der Waals surface area contributed by atoms with Crippen LogP contribution < -0.4 is 5.32 Å². The first-order valence-corrected chi connectivity index (χ1v) is 6.61. The van der Waals surface area contributed by atoms with Gasteiger partial charge in [-0.05, 0) is 24.3 Å². The number of hydrogen-bond acceptors (Lipinski definition) is 1. The topological polar surface area (TPSA) is 12.0 Å². The van der Waals surface area contributed by atoms with E-state index < -0.39 is 23.4 Å². The zero-order chi connectivity index (χ0) is 15.6. The summed E-state index contributed by atoms with van der Waals surface area (Å²) in [6, 6.07) is 6.92. The highest BCUT2D eigenvalue weighted by atomic mass is 79.9. The molecule has 0 heterocycles. The summed E-state index contributed by atoms with van der Waals surface area (Å²) in [5, 5.41) is 2.65. The standard InChI is InChI=1S/C14H9BrF5N/c15-10-4-9(14(18,19)20)5-11(6-10)21-7-8-2-1-3-12(16)13(8)17/h1-6,21H,7H2. The van der Waals surface area contributed by atoms with E-state index in [4.69, 9.17) is 0 Å². The van der Waals surface area contributed by atoms with Gasteiger partial charge in [0.2, 0.25) is 0 Å². The molecule has 2 rings (SSSR count). The van der Waals surface area contributed by atoms with E-state index in [0.29, 0.717) is 0 Å². The van der Waals surface area contributed by atoms with Gasteiger partial charge in [-0.25, -0.2) is 8.78 Å². The third kappa shape index (κ3) is 3.93. The lowest BCUT2D eigenvalue weighted by Crippen LogP contribution is -2.07. The van der Waals surface area contributed by atoms with Crippen molar-refractivity contribution in [2.45, 2.75) is 12.7 Å². The van der Waals surface area contributed by atoms with Crippen molar-refractivity contribution in [3.05, 3.63) is 63.6 Å². The number of halogens is 6. The molecule has 0 aliphatic rings. The molecule has 21 heavy (non-hydrogen) atoms. The molecule has 0 unspecified atom stereocenters. The highest BCUT2D eigenvalue weighted by Crippen LogP contribution is 2.33. The Labute approximate surface area is 125 Å². The summed E-state index contributed by atoms with van der Waals surface area (Å²) in [5.74, 6) is -2.02. The Kier molecular flexibility index (Phi) is 4.51. The maximum Gasteiger partial charge on any atom is 0.416 e. The number of alkyl halides is 3. The van der Waals surface area contributed by atoms with Gasteiger partial charge in [-0.3, -0.25) is 0 Å². The van der Waals surface area contributed by atoms with Gasteiger partial charge in [0.15, 0.2) is 11.6 Å². The Hall–Kier alpha value is -1.63. The van der Waals surface area contributed by atoms with Crippen molar-refractivity contribution in [3.8, 4) is 0 Å². The minimum absolute atomic E-state index is 0.0311. The van der Waals surface area contributed by atoms with Crippen molar-refractivity contribution in [1.82, 2.24) is 0 Å². The van der Waals surface area contributed by atoms with E-state index >= 15 is 0 Å². The number of hydrogen-bond donors (Lipinski definition) is 1. The molecule has 1 nitrogen and oxygen atoms in total. The zero-order valence-corrected chi connectivity index (χ0v) is 12.0. The summed E-state index contributed by atoms with van der Waals surface area (Å²) in [5.41, 5.74) is -0.650. The van der Waals surface area contributed by atoms with Crippen molar-refractivity contribution >= 4 is 21.6 Å². The second-order valence-electron chi connectivity index (χ2n) is 4.29. The van der Waals surface area contributed by atoms with Gasteiger partial charge >= 0.3 is 6.18 Å². The first-order chi connectivity index (χ1) is 9.77. The molecule has 0 aromatic heterocycles. The van der Waals surface area contributed by atoms with Crippen LogP contribution in [0.15, 0.2) is 40.9 Å². The fourth-order valence-electron chi connectivity index (χ4n) is 1.74. The van der Waals surface area contributed by atoms with E-state index in [2.05, 4.69) is 21.2 Å². The molecule has 0 radical (unpaired) electrons. The fourth-order valence-corrected chi connectivity index (χ4v) is 2.23. The molecule has 0 aliphatic carbocycles. The Morgan fingerprint density at radius 2 is 1.76 bits per heavy atom.